The van der Waals surface area contributed by atoms with Crippen molar-refractivity contribution in [3.05, 3.63) is 95.1 Å². The number of benzene rings is 3. The molecule has 0 atom stereocenters. The first kappa shape index (κ1) is 19.3. The van der Waals surface area contributed by atoms with Gasteiger partial charge in [-0.25, -0.2) is 8.78 Å². The Labute approximate surface area is 160 Å². The monoisotopic (exact) mass is 364 g/mol. The van der Waals surface area contributed by atoms with Crippen molar-refractivity contribution in [1.82, 2.24) is 0 Å². The predicted molar refractivity (Wildman–Crippen MR) is 109 cm³/mol. The maximum Gasteiger partial charge on any atom is 0.133 e. The van der Waals surface area contributed by atoms with Crippen LogP contribution in [0.3, 0.4) is 0 Å². The van der Waals surface area contributed by atoms with Crippen LogP contribution in [0.1, 0.15) is 42.9 Å². The van der Waals surface area contributed by atoms with Crippen molar-refractivity contribution in [2.24, 2.45) is 0 Å². The van der Waals surface area contributed by atoms with Crippen molar-refractivity contribution in [1.29, 1.82) is 0 Å². The standard InChI is InChI=1S/C25H26F2/c1-2-3-4-5-19-6-8-20(9-7-19)10-11-21-12-14-22(15-13-21)24-17-16-23(26)18-25(24)27/h6-9,12-18H,2-5,10-11H2,1H3. The highest BCUT2D eigenvalue weighted by molar-refractivity contribution is 5.64. The summed E-state index contributed by atoms with van der Waals surface area (Å²) in [6.07, 6.45) is 6.90. The number of hydrogen-bond donors (Lipinski definition) is 0. The fourth-order valence-corrected chi connectivity index (χ4v) is 3.31. The second-order valence-electron chi connectivity index (χ2n) is 7.09. The summed E-state index contributed by atoms with van der Waals surface area (Å²) >= 11 is 0. The molecular weight excluding hydrogens is 338 g/mol. The van der Waals surface area contributed by atoms with Crippen LogP contribution in [-0.2, 0) is 19.3 Å². The zero-order chi connectivity index (χ0) is 19.1. The third-order valence-electron chi connectivity index (χ3n) is 4.99. The van der Waals surface area contributed by atoms with E-state index >= 15 is 0 Å². The van der Waals surface area contributed by atoms with Gasteiger partial charge in [-0.15, -0.1) is 0 Å². The van der Waals surface area contributed by atoms with E-state index in [1.165, 1.54) is 48.1 Å². The zero-order valence-electron chi connectivity index (χ0n) is 15.8. The third kappa shape index (κ3) is 5.50. The minimum atomic E-state index is -0.552. The molecule has 0 bridgehead atoms. The largest absolute Gasteiger partial charge is 0.207 e. The number of unbranched alkanes of at least 4 members (excludes halogenated alkanes) is 2. The highest BCUT2D eigenvalue weighted by atomic mass is 19.1. The maximum atomic E-state index is 13.9. The van der Waals surface area contributed by atoms with E-state index in [2.05, 4.69) is 31.2 Å². The molecule has 0 fully saturated rings. The first-order valence-corrected chi connectivity index (χ1v) is 9.78. The summed E-state index contributed by atoms with van der Waals surface area (Å²) in [5.74, 6) is -1.08. The van der Waals surface area contributed by atoms with Gasteiger partial charge in [-0.1, -0.05) is 68.3 Å². The van der Waals surface area contributed by atoms with Crippen molar-refractivity contribution < 1.29 is 8.78 Å². The molecule has 0 saturated heterocycles. The number of halogens is 2. The molecule has 0 saturated carbocycles. The lowest BCUT2D eigenvalue weighted by atomic mass is 9.99. The normalized spacial score (nSPS) is 10.9. The highest BCUT2D eigenvalue weighted by Crippen LogP contribution is 2.24. The van der Waals surface area contributed by atoms with E-state index in [-0.39, 0.29) is 0 Å². The van der Waals surface area contributed by atoms with Crippen LogP contribution in [0.2, 0.25) is 0 Å². The Kier molecular flexibility index (Phi) is 6.75. The molecule has 0 aliphatic carbocycles. The van der Waals surface area contributed by atoms with Gasteiger partial charge < -0.3 is 0 Å². The lowest BCUT2D eigenvalue weighted by Crippen LogP contribution is -1.93. The second-order valence-corrected chi connectivity index (χ2v) is 7.09. The predicted octanol–water partition coefficient (Wildman–Crippen LogP) is 7.15. The fourth-order valence-electron chi connectivity index (χ4n) is 3.31. The van der Waals surface area contributed by atoms with Crippen LogP contribution < -0.4 is 0 Å². The first-order valence-electron chi connectivity index (χ1n) is 9.78. The average molecular weight is 364 g/mol. The molecule has 0 spiro atoms. The molecule has 0 radical (unpaired) electrons. The maximum absolute atomic E-state index is 13.9. The minimum absolute atomic E-state index is 0.432. The molecule has 140 valence electrons. The Morgan fingerprint density at radius 1 is 0.630 bits per heavy atom. The lowest BCUT2D eigenvalue weighted by molar-refractivity contribution is 0.585. The summed E-state index contributed by atoms with van der Waals surface area (Å²) in [7, 11) is 0. The van der Waals surface area contributed by atoms with E-state index in [0.717, 1.165) is 30.9 Å². The summed E-state index contributed by atoms with van der Waals surface area (Å²) in [5.41, 5.74) is 5.17. The molecule has 27 heavy (non-hydrogen) atoms. The van der Waals surface area contributed by atoms with Gasteiger partial charge in [-0.05, 0) is 60.1 Å². The number of hydrogen-bond acceptors (Lipinski definition) is 0. The Balaban J connectivity index is 1.57. The molecule has 0 N–H and O–H groups in total. The SMILES string of the molecule is CCCCCc1ccc(CCc2ccc(-c3ccc(F)cc3F)cc2)cc1. The smallest absolute Gasteiger partial charge is 0.133 e. The second kappa shape index (κ2) is 9.45. The molecule has 0 unspecified atom stereocenters. The Hall–Kier alpha value is -2.48. The van der Waals surface area contributed by atoms with Gasteiger partial charge in [-0.3, -0.25) is 0 Å². The minimum Gasteiger partial charge on any atom is -0.207 e. The van der Waals surface area contributed by atoms with Crippen LogP contribution in [0.15, 0.2) is 66.7 Å². The summed E-state index contributed by atoms with van der Waals surface area (Å²) < 4.78 is 26.9. The van der Waals surface area contributed by atoms with E-state index in [4.69, 9.17) is 0 Å². The fraction of sp³-hybridized carbons (Fsp3) is 0.280. The number of aryl methyl sites for hydroxylation is 3. The Bertz CT molecular complexity index is 848. The van der Waals surface area contributed by atoms with Crippen LogP contribution >= 0.6 is 0 Å². The molecule has 3 aromatic rings. The Morgan fingerprint density at radius 3 is 1.74 bits per heavy atom. The Morgan fingerprint density at radius 2 is 1.19 bits per heavy atom. The van der Waals surface area contributed by atoms with Crippen LogP contribution in [0.5, 0.6) is 0 Å². The summed E-state index contributed by atoms with van der Waals surface area (Å²) in [5, 5.41) is 0. The molecule has 0 aliphatic heterocycles. The van der Waals surface area contributed by atoms with E-state index in [9.17, 15) is 8.78 Å². The van der Waals surface area contributed by atoms with Gasteiger partial charge in [-0.2, -0.15) is 0 Å². The zero-order valence-corrected chi connectivity index (χ0v) is 15.8. The van der Waals surface area contributed by atoms with Gasteiger partial charge in [0.15, 0.2) is 0 Å². The van der Waals surface area contributed by atoms with Gasteiger partial charge in [0.2, 0.25) is 0 Å². The van der Waals surface area contributed by atoms with E-state index in [0.29, 0.717) is 5.56 Å². The topological polar surface area (TPSA) is 0 Å². The van der Waals surface area contributed by atoms with Crippen molar-refractivity contribution in [3.63, 3.8) is 0 Å². The molecule has 3 rings (SSSR count). The highest BCUT2D eigenvalue weighted by Gasteiger charge is 2.06. The average Bonchev–Trinajstić information content (AvgIpc) is 2.68. The van der Waals surface area contributed by atoms with Crippen molar-refractivity contribution in [2.75, 3.05) is 0 Å². The van der Waals surface area contributed by atoms with Crippen LogP contribution in [-0.4, -0.2) is 0 Å². The molecule has 0 nitrogen and oxygen atoms in total. The molecule has 3 aromatic carbocycles. The van der Waals surface area contributed by atoms with Crippen molar-refractivity contribution in [3.8, 4) is 11.1 Å². The van der Waals surface area contributed by atoms with Gasteiger partial charge >= 0.3 is 0 Å². The van der Waals surface area contributed by atoms with E-state index in [1.807, 2.05) is 24.3 Å². The molecule has 0 aromatic heterocycles. The van der Waals surface area contributed by atoms with Crippen LogP contribution in [0.25, 0.3) is 11.1 Å². The van der Waals surface area contributed by atoms with Crippen molar-refractivity contribution >= 4 is 0 Å². The lowest BCUT2D eigenvalue weighted by Gasteiger charge is -2.07. The molecule has 0 amide bonds. The van der Waals surface area contributed by atoms with Gasteiger partial charge in [0.25, 0.3) is 0 Å². The van der Waals surface area contributed by atoms with Gasteiger partial charge in [0.1, 0.15) is 11.6 Å². The number of rotatable bonds is 8. The van der Waals surface area contributed by atoms with Gasteiger partial charge in [0, 0.05) is 11.6 Å². The van der Waals surface area contributed by atoms with Crippen molar-refractivity contribution in [2.45, 2.75) is 45.4 Å². The van der Waals surface area contributed by atoms with E-state index in [1.54, 1.807) is 0 Å². The molecule has 0 aliphatic rings. The third-order valence-corrected chi connectivity index (χ3v) is 4.99. The summed E-state index contributed by atoms with van der Waals surface area (Å²) in [4.78, 5) is 0. The van der Waals surface area contributed by atoms with Crippen LogP contribution in [0.4, 0.5) is 8.78 Å². The summed E-state index contributed by atoms with van der Waals surface area (Å²) in [6.45, 7) is 2.23. The molecule has 0 heterocycles. The van der Waals surface area contributed by atoms with Gasteiger partial charge in [0.05, 0.1) is 0 Å². The van der Waals surface area contributed by atoms with E-state index < -0.39 is 11.6 Å². The summed E-state index contributed by atoms with van der Waals surface area (Å²) in [6, 6.07) is 20.5. The molecular formula is C25H26F2. The quantitative estimate of drug-likeness (QED) is 0.372. The molecule has 2 heteroatoms. The van der Waals surface area contributed by atoms with Crippen LogP contribution in [0, 0.1) is 11.6 Å². The first-order chi connectivity index (χ1) is 13.2.